The molecule has 2 aromatic heterocycles. The molecule has 0 aliphatic carbocycles. The van der Waals surface area contributed by atoms with Crippen molar-refractivity contribution in [2.75, 3.05) is 13.7 Å². The quantitative estimate of drug-likeness (QED) is 0.615. The summed E-state index contributed by atoms with van der Waals surface area (Å²) in [6, 6.07) is 7.71. The first-order valence-electron chi connectivity index (χ1n) is 8.79. The van der Waals surface area contributed by atoms with E-state index in [1.54, 1.807) is 11.9 Å². The SMILES string of the molecule is CCOc1ccc(-c2nc(C)c(C(=O)N(C)Cc3nc(CC)no3)s2)cc1. The molecule has 1 amide bonds. The van der Waals surface area contributed by atoms with Gasteiger partial charge in [-0.2, -0.15) is 4.98 Å². The lowest BCUT2D eigenvalue weighted by Gasteiger charge is -2.13. The number of aryl methyl sites for hydroxylation is 2. The Morgan fingerprint density at radius 2 is 1.96 bits per heavy atom. The molecule has 0 atom stereocenters. The molecule has 0 radical (unpaired) electrons. The average molecular weight is 386 g/mol. The number of hydrogen-bond acceptors (Lipinski definition) is 7. The average Bonchev–Trinajstić information content (AvgIpc) is 3.28. The van der Waals surface area contributed by atoms with Gasteiger partial charge in [-0.3, -0.25) is 4.79 Å². The molecule has 3 rings (SSSR count). The van der Waals surface area contributed by atoms with Gasteiger partial charge in [0.2, 0.25) is 5.89 Å². The smallest absolute Gasteiger partial charge is 0.266 e. The summed E-state index contributed by atoms with van der Waals surface area (Å²) >= 11 is 1.38. The lowest BCUT2D eigenvalue weighted by atomic mass is 10.2. The Balaban J connectivity index is 1.75. The van der Waals surface area contributed by atoms with Crippen LogP contribution in [0.15, 0.2) is 28.8 Å². The van der Waals surface area contributed by atoms with Crippen molar-refractivity contribution in [1.82, 2.24) is 20.0 Å². The van der Waals surface area contributed by atoms with E-state index >= 15 is 0 Å². The van der Waals surface area contributed by atoms with Gasteiger partial charge >= 0.3 is 0 Å². The van der Waals surface area contributed by atoms with Crippen LogP contribution in [0.4, 0.5) is 0 Å². The number of benzene rings is 1. The first-order chi connectivity index (χ1) is 13.0. The summed E-state index contributed by atoms with van der Waals surface area (Å²) in [6.45, 7) is 6.63. The Hall–Kier alpha value is -2.74. The van der Waals surface area contributed by atoms with Gasteiger partial charge in [-0.15, -0.1) is 11.3 Å². The number of amides is 1. The molecule has 8 heteroatoms. The van der Waals surface area contributed by atoms with E-state index in [-0.39, 0.29) is 12.5 Å². The Morgan fingerprint density at radius 3 is 2.59 bits per heavy atom. The highest BCUT2D eigenvalue weighted by molar-refractivity contribution is 7.17. The van der Waals surface area contributed by atoms with Gasteiger partial charge in [-0.25, -0.2) is 4.98 Å². The predicted octanol–water partition coefficient (Wildman–Crippen LogP) is 3.73. The molecule has 0 saturated heterocycles. The highest BCUT2D eigenvalue weighted by Crippen LogP contribution is 2.30. The number of hydrogen-bond donors (Lipinski definition) is 0. The molecule has 0 aliphatic heterocycles. The Bertz CT molecular complexity index is 917. The summed E-state index contributed by atoms with van der Waals surface area (Å²) in [5.74, 6) is 1.77. The molecule has 0 bridgehead atoms. The van der Waals surface area contributed by atoms with Gasteiger partial charge < -0.3 is 14.2 Å². The zero-order chi connectivity index (χ0) is 19.4. The monoisotopic (exact) mass is 386 g/mol. The predicted molar refractivity (Wildman–Crippen MR) is 103 cm³/mol. The fourth-order valence-electron chi connectivity index (χ4n) is 2.52. The number of carbonyl (C=O) groups excluding carboxylic acids is 1. The normalized spacial score (nSPS) is 10.8. The van der Waals surface area contributed by atoms with Crippen LogP contribution in [0.25, 0.3) is 10.6 Å². The molecule has 1 aromatic carbocycles. The Labute approximate surface area is 162 Å². The third-order valence-electron chi connectivity index (χ3n) is 3.95. The second kappa shape index (κ2) is 8.30. The van der Waals surface area contributed by atoms with Crippen LogP contribution in [0, 0.1) is 6.92 Å². The lowest BCUT2D eigenvalue weighted by molar-refractivity contribution is 0.0773. The van der Waals surface area contributed by atoms with E-state index in [1.165, 1.54) is 11.3 Å². The molecule has 0 N–H and O–H groups in total. The molecule has 0 unspecified atom stereocenters. The molecule has 2 heterocycles. The largest absolute Gasteiger partial charge is 0.494 e. The van der Waals surface area contributed by atoms with E-state index in [1.807, 2.05) is 45.0 Å². The van der Waals surface area contributed by atoms with Crippen LogP contribution in [0.5, 0.6) is 5.75 Å². The highest BCUT2D eigenvalue weighted by Gasteiger charge is 2.21. The molecule has 3 aromatic rings. The van der Waals surface area contributed by atoms with Crippen LogP contribution in [-0.4, -0.2) is 39.6 Å². The second-order valence-corrected chi connectivity index (χ2v) is 7.01. The van der Waals surface area contributed by atoms with Gasteiger partial charge in [0.1, 0.15) is 22.2 Å². The van der Waals surface area contributed by atoms with Crippen LogP contribution in [0.2, 0.25) is 0 Å². The maximum Gasteiger partial charge on any atom is 0.266 e. The van der Waals surface area contributed by atoms with Gasteiger partial charge in [0.25, 0.3) is 5.91 Å². The first-order valence-corrected chi connectivity index (χ1v) is 9.61. The van der Waals surface area contributed by atoms with Crippen molar-refractivity contribution in [3.05, 3.63) is 46.6 Å². The van der Waals surface area contributed by atoms with Crippen molar-refractivity contribution in [1.29, 1.82) is 0 Å². The molecular formula is C19H22N4O3S. The third-order valence-corrected chi connectivity index (χ3v) is 5.14. The number of carbonyl (C=O) groups is 1. The molecule has 7 nitrogen and oxygen atoms in total. The van der Waals surface area contributed by atoms with Crippen molar-refractivity contribution < 1.29 is 14.1 Å². The zero-order valence-electron chi connectivity index (χ0n) is 15.9. The number of ether oxygens (including phenoxy) is 1. The van der Waals surface area contributed by atoms with Crippen molar-refractivity contribution >= 4 is 17.2 Å². The number of aromatic nitrogens is 3. The van der Waals surface area contributed by atoms with E-state index in [0.29, 0.717) is 35.3 Å². The fourth-order valence-corrected chi connectivity index (χ4v) is 3.59. The van der Waals surface area contributed by atoms with E-state index in [9.17, 15) is 4.79 Å². The molecule has 27 heavy (non-hydrogen) atoms. The minimum atomic E-state index is -0.113. The topological polar surface area (TPSA) is 81.4 Å². The van der Waals surface area contributed by atoms with Gasteiger partial charge in [0.05, 0.1) is 12.3 Å². The molecule has 0 saturated carbocycles. The van der Waals surface area contributed by atoms with Crippen molar-refractivity contribution in [2.45, 2.75) is 33.7 Å². The van der Waals surface area contributed by atoms with Gasteiger partial charge in [0, 0.05) is 19.0 Å². The maximum absolute atomic E-state index is 12.8. The van der Waals surface area contributed by atoms with Crippen molar-refractivity contribution in [2.24, 2.45) is 0 Å². The van der Waals surface area contributed by atoms with Crippen molar-refractivity contribution in [3.8, 4) is 16.3 Å². The van der Waals surface area contributed by atoms with Gasteiger partial charge in [0.15, 0.2) is 5.82 Å². The summed E-state index contributed by atoms with van der Waals surface area (Å²) in [6.07, 6.45) is 0.695. The van der Waals surface area contributed by atoms with Crippen LogP contribution < -0.4 is 4.74 Å². The minimum Gasteiger partial charge on any atom is -0.494 e. The first kappa shape index (κ1) is 19.0. The maximum atomic E-state index is 12.8. The van der Waals surface area contributed by atoms with Gasteiger partial charge in [-0.05, 0) is 38.1 Å². The third kappa shape index (κ3) is 4.33. The Kier molecular flexibility index (Phi) is 5.85. The summed E-state index contributed by atoms with van der Waals surface area (Å²) in [5, 5.41) is 4.66. The summed E-state index contributed by atoms with van der Waals surface area (Å²) in [7, 11) is 1.72. The van der Waals surface area contributed by atoms with E-state index < -0.39 is 0 Å². The molecule has 142 valence electrons. The van der Waals surface area contributed by atoms with Crippen molar-refractivity contribution in [3.63, 3.8) is 0 Å². The number of nitrogens with zero attached hydrogens (tertiary/aromatic N) is 4. The molecular weight excluding hydrogens is 364 g/mol. The summed E-state index contributed by atoms with van der Waals surface area (Å²) in [5.41, 5.74) is 1.67. The summed E-state index contributed by atoms with van der Waals surface area (Å²) < 4.78 is 10.6. The molecule has 0 spiro atoms. The number of rotatable bonds is 7. The fraction of sp³-hybridized carbons (Fsp3) is 0.368. The molecule has 0 aliphatic rings. The van der Waals surface area contributed by atoms with Crippen LogP contribution in [0.1, 0.15) is 40.9 Å². The van der Waals surface area contributed by atoms with Gasteiger partial charge in [-0.1, -0.05) is 12.1 Å². The second-order valence-electron chi connectivity index (χ2n) is 6.01. The van der Waals surface area contributed by atoms with E-state index in [4.69, 9.17) is 9.26 Å². The minimum absolute atomic E-state index is 0.113. The summed E-state index contributed by atoms with van der Waals surface area (Å²) in [4.78, 5) is 23.8. The van der Waals surface area contributed by atoms with Crippen LogP contribution in [-0.2, 0) is 13.0 Å². The van der Waals surface area contributed by atoms with E-state index in [2.05, 4.69) is 15.1 Å². The highest BCUT2D eigenvalue weighted by atomic mass is 32.1. The number of thiazole rings is 1. The zero-order valence-corrected chi connectivity index (χ0v) is 16.7. The molecule has 0 fully saturated rings. The standard InChI is InChI=1S/C19H22N4O3S/c1-5-15-21-16(26-22-15)11-23(4)19(24)17-12(3)20-18(27-17)13-7-9-14(10-8-13)25-6-2/h7-10H,5-6,11H2,1-4H3. The van der Waals surface area contributed by atoms with Crippen LogP contribution in [0.3, 0.4) is 0 Å². The Morgan fingerprint density at radius 1 is 1.22 bits per heavy atom. The van der Waals surface area contributed by atoms with E-state index in [0.717, 1.165) is 16.3 Å². The van der Waals surface area contributed by atoms with Crippen LogP contribution >= 0.6 is 11.3 Å². The lowest BCUT2D eigenvalue weighted by Crippen LogP contribution is -2.26.